The Hall–Kier alpha value is -1.11. The molecule has 8 heavy (non-hydrogen) atoms. The number of rotatable bonds is 0. The average Bonchev–Trinajstić information content (AvgIpc) is 2.09. The van der Waals surface area contributed by atoms with Gasteiger partial charge in [-0.2, -0.15) is 0 Å². The van der Waals surface area contributed by atoms with Gasteiger partial charge in [-0.25, -0.2) is 0 Å². The van der Waals surface area contributed by atoms with Crippen LogP contribution in [-0.4, -0.2) is 0 Å². The lowest BCUT2D eigenvalue weighted by molar-refractivity contribution is 1.55. The van der Waals surface area contributed by atoms with Crippen molar-refractivity contribution in [2.24, 2.45) is 0 Å². The Labute approximate surface area is 46.6 Å². The Morgan fingerprint density at radius 3 is 2.62 bits per heavy atom. The number of fused-ring (bicyclic) bond motifs is 1. The van der Waals surface area contributed by atoms with Gasteiger partial charge >= 0.3 is 0 Å². The summed E-state index contributed by atoms with van der Waals surface area (Å²) < 4.78 is 0. The Bertz CT molecular complexity index is 289. The summed E-state index contributed by atoms with van der Waals surface area (Å²) in [6, 6.07) is 7.33. The topological polar surface area (TPSA) is 17.1 Å². The Balaban J connectivity index is 2.98. The Kier molecular flexibility index (Phi) is 0.478. The van der Waals surface area contributed by atoms with Crippen LogP contribution in [0.3, 0.4) is 0 Å². The molecule has 0 N–H and O–H groups in total. The molecule has 2 aliphatic carbocycles. The van der Waals surface area contributed by atoms with E-state index in [1.165, 1.54) is 0 Å². The molecule has 0 saturated heterocycles. The third-order valence-corrected chi connectivity index (χ3v) is 1.40. The van der Waals surface area contributed by atoms with E-state index in [4.69, 9.17) is 0 Å². The van der Waals surface area contributed by atoms with Crippen LogP contribution < -0.4 is 5.43 Å². The molecule has 0 bridgehead atoms. The maximum Gasteiger partial charge on any atom is 0.187 e. The number of hydrogen-bond donors (Lipinski definition) is 0. The fraction of sp³-hybridized carbons (Fsp3) is 0. The summed E-state index contributed by atoms with van der Waals surface area (Å²) in [6.45, 7) is 0. The summed E-state index contributed by atoms with van der Waals surface area (Å²) in [5, 5.41) is 0. The second kappa shape index (κ2) is 0.996. The van der Waals surface area contributed by atoms with E-state index in [0.717, 1.165) is 11.1 Å². The van der Waals surface area contributed by atoms with Gasteiger partial charge in [0, 0.05) is 5.56 Å². The van der Waals surface area contributed by atoms with Crippen molar-refractivity contribution >= 4 is 0 Å². The van der Waals surface area contributed by atoms with Gasteiger partial charge in [-0.3, -0.25) is 4.79 Å². The Morgan fingerprint density at radius 2 is 2.12 bits per heavy atom. The first kappa shape index (κ1) is 3.84. The molecule has 1 heteroatoms. The highest BCUT2D eigenvalue weighted by Crippen LogP contribution is 2.19. The van der Waals surface area contributed by atoms with Crippen molar-refractivity contribution in [2.45, 2.75) is 0 Å². The van der Waals surface area contributed by atoms with Crippen molar-refractivity contribution in [3.05, 3.63) is 34.5 Å². The monoisotopic (exact) mass is 104 g/mol. The minimum atomic E-state index is 0.171. The zero-order chi connectivity index (χ0) is 5.56. The normalized spacial score (nSPS) is 11.0. The van der Waals surface area contributed by atoms with Crippen molar-refractivity contribution in [1.82, 2.24) is 0 Å². The van der Waals surface area contributed by atoms with Crippen LogP contribution in [0.1, 0.15) is 0 Å². The predicted octanol–water partition coefficient (Wildman–Crippen LogP) is 1.03. The van der Waals surface area contributed by atoms with E-state index in [-0.39, 0.29) is 5.43 Å². The predicted molar refractivity (Wildman–Crippen MR) is 31.7 cm³/mol. The summed E-state index contributed by atoms with van der Waals surface area (Å²) in [4.78, 5) is 10.5. The molecule has 0 heterocycles. The van der Waals surface area contributed by atoms with Gasteiger partial charge in [-0.05, 0) is 11.6 Å². The standard InChI is InChI=1S/C7H4O/c8-7-4-5-2-1-3-6(5)7/h1-4H. The van der Waals surface area contributed by atoms with E-state index in [9.17, 15) is 4.79 Å². The molecule has 0 spiro atoms. The third-order valence-electron chi connectivity index (χ3n) is 1.40. The van der Waals surface area contributed by atoms with Crippen LogP contribution in [0.5, 0.6) is 0 Å². The van der Waals surface area contributed by atoms with E-state index in [1.807, 2.05) is 18.2 Å². The minimum Gasteiger partial charge on any atom is -0.289 e. The van der Waals surface area contributed by atoms with Crippen LogP contribution in [0.25, 0.3) is 11.1 Å². The molecule has 2 rings (SSSR count). The molecule has 0 atom stereocenters. The molecule has 0 aliphatic heterocycles. The van der Waals surface area contributed by atoms with Gasteiger partial charge in [0.05, 0.1) is 0 Å². The minimum absolute atomic E-state index is 0.171. The summed E-state index contributed by atoms with van der Waals surface area (Å²) in [5.41, 5.74) is 2.14. The van der Waals surface area contributed by atoms with Gasteiger partial charge < -0.3 is 0 Å². The van der Waals surface area contributed by atoms with Crippen molar-refractivity contribution in [1.29, 1.82) is 0 Å². The fourth-order valence-corrected chi connectivity index (χ4v) is 0.926. The van der Waals surface area contributed by atoms with Crippen LogP contribution in [0.15, 0.2) is 29.1 Å². The van der Waals surface area contributed by atoms with Crippen LogP contribution in [0.4, 0.5) is 0 Å². The second-order valence-corrected chi connectivity index (χ2v) is 1.90. The maximum atomic E-state index is 10.5. The molecule has 38 valence electrons. The molecule has 0 fully saturated rings. The SMILES string of the molecule is O=c1cc2cccc1-2. The van der Waals surface area contributed by atoms with E-state index < -0.39 is 0 Å². The molecule has 0 radical (unpaired) electrons. The van der Waals surface area contributed by atoms with E-state index in [2.05, 4.69) is 0 Å². The van der Waals surface area contributed by atoms with Gasteiger partial charge in [0.15, 0.2) is 5.43 Å². The van der Waals surface area contributed by atoms with Crippen molar-refractivity contribution in [2.75, 3.05) is 0 Å². The molecule has 0 saturated carbocycles. The summed E-state index contributed by atoms with van der Waals surface area (Å²) in [7, 11) is 0. The molecule has 2 aliphatic rings. The molecular formula is C7H4O. The number of hydrogen-bond acceptors (Lipinski definition) is 1. The third kappa shape index (κ3) is 0.259. The highest BCUT2D eigenvalue weighted by atomic mass is 16.1. The van der Waals surface area contributed by atoms with Gasteiger partial charge in [0.25, 0.3) is 0 Å². The maximum absolute atomic E-state index is 10.5. The Morgan fingerprint density at radius 1 is 1.25 bits per heavy atom. The summed E-state index contributed by atoms with van der Waals surface area (Å²) >= 11 is 0. The largest absolute Gasteiger partial charge is 0.289 e. The first-order valence-corrected chi connectivity index (χ1v) is 2.53. The van der Waals surface area contributed by atoms with E-state index in [0.29, 0.717) is 0 Å². The molecular weight excluding hydrogens is 100 g/mol. The van der Waals surface area contributed by atoms with Crippen LogP contribution in [-0.2, 0) is 0 Å². The highest BCUT2D eigenvalue weighted by molar-refractivity contribution is 5.71. The lowest BCUT2D eigenvalue weighted by Crippen LogP contribution is -2.06. The molecule has 0 aromatic rings. The first-order chi connectivity index (χ1) is 3.88. The smallest absolute Gasteiger partial charge is 0.187 e. The van der Waals surface area contributed by atoms with Gasteiger partial charge in [0.1, 0.15) is 0 Å². The van der Waals surface area contributed by atoms with E-state index in [1.54, 1.807) is 6.07 Å². The lowest BCUT2D eigenvalue weighted by Gasteiger charge is -1.96. The molecule has 0 amide bonds. The lowest BCUT2D eigenvalue weighted by atomic mass is 10.1. The van der Waals surface area contributed by atoms with Crippen LogP contribution >= 0.6 is 0 Å². The molecule has 0 unspecified atom stereocenters. The van der Waals surface area contributed by atoms with Crippen molar-refractivity contribution < 1.29 is 0 Å². The van der Waals surface area contributed by atoms with Gasteiger partial charge in [-0.1, -0.05) is 18.2 Å². The summed E-state index contributed by atoms with van der Waals surface area (Å²) in [5.74, 6) is 0. The summed E-state index contributed by atoms with van der Waals surface area (Å²) in [6.07, 6.45) is 0. The molecule has 1 nitrogen and oxygen atoms in total. The van der Waals surface area contributed by atoms with E-state index >= 15 is 0 Å². The zero-order valence-corrected chi connectivity index (χ0v) is 4.22. The van der Waals surface area contributed by atoms with Crippen LogP contribution in [0.2, 0.25) is 0 Å². The van der Waals surface area contributed by atoms with Crippen molar-refractivity contribution in [3.8, 4) is 11.1 Å². The van der Waals surface area contributed by atoms with Gasteiger partial charge in [0.2, 0.25) is 0 Å². The van der Waals surface area contributed by atoms with Crippen LogP contribution in [0, 0.1) is 0 Å². The first-order valence-electron chi connectivity index (χ1n) is 2.53. The average molecular weight is 104 g/mol. The fourth-order valence-electron chi connectivity index (χ4n) is 0.926. The van der Waals surface area contributed by atoms with Crippen molar-refractivity contribution in [3.63, 3.8) is 0 Å². The van der Waals surface area contributed by atoms with Gasteiger partial charge in [-0.15, -0.1) is 0 Å². The quantitative estimate of drug-likeness (QED) is 0.487. The second-order valence-electron chi connectivity index (χ2n) is 1.90. The highest BCUT2D eigenvalue weighted by Gasteiger charge is 2.09. The molecule has 0 aromatic heterocycles. The zero-order valence-electron chi connectivity index (χ0n) is 4.22. The molecule has 0 aromatic carbocycles.